The fourth-order valence-electron chi connectivity index (χ4n) is 11.0. The lowest BCUT2D eigenvalue weighted by atomic mass is 9.80. The van der Waals surface area contributed by atoms with Gasteiger partial charge in [0.15, 0.2) is 0 Å². The van der Waals surface area contributed by atoms with Crippen molar-refractivity contribution in [2.45, 2.75) is 38.5 Å². The minimum atomic E-state index is -0.107. The van der Waals surface area contributed by atoms with E-state index in [0.29, 0.717) is 0 Å². The van der Waals surface area contributed by atoms with Crippen LogP contribution in [0.2, 0.25) is 0 Å². The van der Waals surface area contributed by atoms with Gasteiger partial charge in [-0.2, -0.15) is 0 Å². The van der Waals surface area contributed by atoms with Gasteiger partial charge in [-0.3, -0.25) is 0 Å². The number of rotatable bonds is 4. The smallest absolute Gasteiger partial charge is 0.0465 e. The summed E-state index contributed by atoms with van der Waals surface area (Å²) in [6.45, 7) is 9.48. The van der Waals surface area contributed by atoms with Crippen LogP contribution in [0.5, 0.6) is 0 Å². The highest BCUT2D eigenvalue weighted by Crippen LogP contribution is 2.54. The predicted molar refractivity (Wildman–Crippen MR) is 257 cm³/mol. The Hall–Kier alpha value is -7.22. The lowest BCUT2D eigenvalue weighted by molar-refractivity contribution is 0.660. The second kappa shape index (κ2) is 13.1. The fourth-order valence-corrected chi connectivity index (χ4v) is 11.0. The summed E-state index contributed by atoms with van der Waals surface area (Å²) in [4.78, 5) is 2.47. The molecule has 0 radical (unpaired) electrons. The maximum absolute atomic E-state index is 2.47. The Balaban J connectivity index is 0.996. The largest absolute Gasteiger partial charge is 0.310 e. The van der Waals surface area contributed by atoms with E-state index in [-0.39, 0.29) is 10.8 Å². The number of anilines is 3. The average Bonchev–Trinajstić information content (AvgIpc) is 3.67. The third-order valence-electron chi connectivity index (χ3n) is 14.1. The molecule has 0 heterocycles. The van der Waals surface area contributed by atoms with Crippen LogP contribution in [0.15, 0.2) is 200 Å². The first-order valence-corrected chi connectivity index (χ1v) is 21.6. The molecule has 3 aliphatic carbocycles. The quantitative estimate of drug-likeness (QED) is 0.172. The number of benzene rings is 9. The molecule has 9 aromatic rings. The molecule has 12 rings (SSSR count). The highest BCUT2D eigenvalue weighted by Gasteiger charge is 2.38. The standard InChI is InChI=1S/C60H45N/c1-59(2)55-23-13-11-21-50(55)52-33-30-41(36-57(52)59)61(42-31-34-53-51-22-12-14-24-56(51)60(3,4)58(53)37-42)40-28-25-38(26-29-40)39-27-32-49-47-19-8-7-17-45(47)43-15-5-6-16-44(43)46-18-9-10-20-48(46)54(49)35-39/h5-37H,1-4H3. The number of fused-ring (bicyclic) bond motifs is 14. The number of hydrogen-bond acceptors (Lipinski definition) is 1. The molecule has 0 amide bonds. The molecule has 0 unspecified atom stereocenters. The third kappa shape index (κ3) is 5.26. The molecule has 0 spiro atoms. The average molecular weight is 780 g/mol. The van der Waals surface area contributed by atoms with E-state index in [9.17, 15) is 0 Å². The van der Waals surface area contributed by atoms with Crippen LogP contribution in [0.25, 0.3) is 77.9 Å². The Bertz CT molecular complexity index is 3140. The second-order valence-electron chi connectivity index (χ2n) is 18.1. The highest BCUT2D eigenvalue weighted by atomic mass is 15.1. The van der Waals surface area contributed by atoms with Crippen LogP contribution in [0.4, 0.5) is 17.1 Å². The molecule has 0 aromatic heterocycles. The normalized spacial score (nSPS) is 14.2. The first-order valence-electron chi connectivity index (χ1n) is 21.6. The van der Waals surface area contributed by atoms with E-state index in [0.717, 1.165) is 17.1 Å². The van der Waals surface area contributed by atoms with Crippen LogP contribution in [0.3, 0.4) is 0 Å². The molecule has 0 bridgehead atoms. The molecule has 0 saturated heterocycles. The van der Waals surface area contributed by atoms with E-state index >= 15 is 0 Å². The van der Waals surface area contributed by atoms with Gasteiger partial charge in [0.25, 0.3) is 0 Å². The molecule has 0 fully saturated rings. The van der Waals surface area contributed by atoms with Crippen molar-refractivity contribution in [2.24, 2.45) is 0 Å². The molecule has 3 aliphatic rings. The first kappa shape index (κ1) is 35.7. The molecule has 0 atom stereocenters. The van der Waals surface area contributed by atoms with Crippen molar-refractivity contribution >= 4 is 17.1 Å². The minimum absolute atomic E-state index is 0.107. The van der Waals surface area contributed by atoms with Crippen molar-refractivity contribution in [1.29, 1.82) is 0 Å². The van der Waals surface area contributed by atoms with Crippen LogP contribution in [0, 0.1) is 0 Å². The van der Waals surface area contributed by atoms with Gasteiger partial charge in [0.1, 0.15) is 0 Å². The van der Waals surface area contributed by atoms with Crippen molar-refractivity contribution in [3.8, 4) is 77.9 Å². The predicted octanol–water partition coefficient (Wildman–Crippen LogP) is 16.4. The maximum Gasteiger partial charge on any atom is 0.0465 e. The molecular formula is C60H45N. The van der Waals surface area contributed by atoms with Gasteiger partial charge in [-0.05, 0) is 143 Å². The van der Waals surface area contributed by atoms with Crippen molar-refractivity contribution in [3.63, 3.8) is 0 Å². The van der Waals surface area contributed by atoms with Crippen LogP contribution in [-0.4, -0.2) is 0 Å². The van der Waals surface area contributed by atoms with Gasteiger partial charge in [-0.1, -0.05) is 185 Å². The van der Waals surface area contributed by atoms with E-state index < -0.39 is 0 Å². The Labute approximate surface area is 359 Å². The summed E-state index contributed by atoms with van der Waals surface area (Å²) >= 11 is 0. The zero-order valence-corrected chi connectivity index (χ0v) is 35.0. The van der Waals surface area contributed by atoms with Gasteiger partial charge in [-0.15, -0.1) is 0 Å². The zero-order valence-electron chi connectivity index (χ0n) is 35.0. The summed E-state index contributed by atoms with van der Waals surface area (Å²) in [5.74, 6) is 0. The van der Waals surface area contributed by atoms with Gasteiger partial charge in [0.2, 0.25) is 0 Å². The van der Waals surface area contributed by atoms with Crippen LogP contribution in [-0.2, 0) is 10.8 Å². The molecule has 0 aliphatic heterocycles. The van der Waals surface area contributed by atoms with Crippen LogP contribution in [0.1, 0.15) is 49.9 Å². The van der Waals surface area contributed by atoms with E-state index in [1.54, 1.807) is 0 Å². The molecular weight excluding hydrogens is 735 g/mol. The summed E-state index contributed by atoms with van der Waals surface area (Å²) in [5.41, 5.74) is 26.6. The zero-order chi connectivity index (χ0) is 41.0. The molecule has 1 heteroatoms. The molecule has 61 heavy (non-hydrogen) atoms. The Kier molecular flexibility index (Phi) is 7.69. The monoisotopic (exact) mass is 779 g/mol. The lowest BCUT2D eigenvalue weighted by Crippen LogP contribution is -2.18. The molecule has 9 aromatic carbocycles. The molecule has 0 saturated carbocycles. The SMILES string of the molecule is CC1(C)c2ccccc2-c2ccc(N(c3ccc(-c4ccc5c(c4)-c4ccccc4-c4ccccc4-c4ccccc4-5)cc3)c3ccc4c(c3)C(C)(C)c3ccccc3-4)cc21. The van der Waals surface area contributed by atoms with Gasteiger partial charge in [0, 0.05) is 27.9 Å². The summed E-state index contributed by atoms with van der Waals surface area (Å²) in [6, 6.07) is 75.0. The van der Waals surface area contributed by atoms with Gasteiger partial charge in [0.05, 0.1) is 0 Å². The Morgan fingerprint density at radius 2 is 0.557 bits per heavy atom. The second-order valence-corrected chi connectivity index (χ2v) is 18.1. The van der Waals surface area contributed by atoms with Crippen molar-refractivity contribution < 1.29 is 0 Å². The third-order valence-corrected chi connectivity index (χ3v) is 14.1. The van der Waals surface area contributed by atoms with Crippen LogP contribution >= 0.6 is 0 Å². The topological polar surface area (TPSA) is 3.24 Å². The van der Waals surface area contributed by atoms with E-state index in [2.05, 4.69) is 233 Å². The molecule has 290 valence electrons. The lowest BCUT2D eigenvalue weighted by Gasteiger charge is -2.30. The van der Waals surface area contributed by atoms with Crippen molar-refractivity contribution in [3.05, 3.63) is 222 Å². The highest BCUT2D eigenvalue weighted by molar-refractivity contribution is 6.04. The van der Waals surface area contributed by atoms with E-state index in [1.807, 2.05) is 0 Å². The first-order chi connectivity index (χ1) is 29.8. The maximum atomic E-state index is 2.47. The summed E-state index contributed by atoms with van der Waals surface area (Å²) in [5, 5.41) is 0. The molecule has 0 N–H and O–H groups in total. The Morgan fingerprint density at radius 3 is 1.00 bits per heavy atom. The Morgan fingerprint density at radius 1 is 0.246 bits per heavy atom. The fraction of sp³-hybridized carbons (Fsp3) is 0.100. The van der Waals surface area contributed by atoms with Gasteiger partial charge < -0.3 is 4.90 Å². The van der Waals surface area contributed by atoms with Gasteiger partial charge >= 0.3 is 0 Å². The van der Waals surface area contributed by atoms with Gasteiger partial charge in [-0.25, -0.2) is 0 Å². The number of hydrogen-bond donors (Lipinski definition) is 0. The summed E-state index contributed by atoms with van der Waals surface area (Å²) in [7, 11) is 0. The van der Waals surface area contributed by atoms with E-state index in [1.165, 1.54) is 100 Å². The minimum Gasteiger partial charge on any atom is -0.310 e. The summed E-state index contributed by atoms with van der Waals surface area (Å²) in [6.07, 6.45) is 0. The van der Waals surface area contributed by atoms with Crippen molar-refractivity contribution in [1.82, 2.24) is 0 Å². The van der Waals surface area contributed by atoms with Crippen LogP contribution < -0.4 is 4.90 Å². The van der Waals surface area contributed by atoms with Crippen molar-refractivity contribution in [2.75, 3.05) is 4.90 Å². The number of nitrogens with zero attached hydrogens (tertiary/aromatic N) is 1. The van der Waals surface area contributed by atoms with E-state index in [4.69, 9.17) is 0 Å². The molecule has 1 nitrogen and oxygen atoms in total. The summed E-state index contributed by atoms with van der Waals surface area (Å²) < 4.78 is 0.